The maximum absolute atomic E-state index is 13.7. The van der Waals surface area contributed by atoms with Gasteiger partial charge in [-0.1, -0.05) is 55.5 Å². The molecule has 196 valence electrons. The normalized spacial score (nSPS) is 20.7. The van der Waals surface area contributed by atoms with Gasteiger partial charge in [0.15, 0.2) is 0 Å². The second-order valence-electron chi connectivity index (χ2n) is 9.63. The van der Waals surface area contributed by atoms with Crippen LogP contribution in [0.25, 0.3) is 12.2 Å². The van der Waals surface area contributed by atoms with Crippen LogP contribution in [0.5, 0.6) is 5.75 Å². The zero-order valence-electron chi connectivity index (χ0n) is 21.4. The predicted molar refractivity (Wildman–Crippen MR) is 144 cm³/mol. The molecule has 1 aromatic heterocycles. The molecule has 1 N–H and O–H groups in total. The molecule has 4 rings (SSSR count). The first-order valence-electron chi connectivity index (χ1n) is 12.4. The summed E-state index contributed by atoms with van der Waals surface area (Å²) < 4.78 is 35.2. The van der Waals surface area contributed by atoms with E-state index in [-0.39, 0.29) is 30.1 Å². The summed E-state index contributed by atoms with van der Waals surface area (Å²) in [7, 11) is -1.88. The van der Waals surface area contributed by atoms with Crippen molar-refractivity contribution >= 4 is 22.2 Å². The van der Waals surface area contributed by atoms with E-state index in [1.807, 2.05) is 56.5 Å². The van der Waals surface area contributed by atoms with Crippen molar-refractivity contribution in [3.05, 3.63) is 83.9 Å². The van der Waals surface area contributed by atoms with E-state index in [2.05, 4.69) is 14.9 Å². The van der Waals surface area contributed by atoms with Crippen molar-refractivity contribution in [3.8, 4) is 5.75 Å². The van der Waals surface area contributed by atoms with Crippen LogP contribution in [-0.2, 0) is 16.6 Å². The van der Waals surface area contributed by atoms with Crippen LogP contribution >= 0.6 is 0 Å². The summed E-state index contributed by atoms with van der Waals surface area (Å²) in [5, 5.41) is 9.85. The van der Waals surface area contributed by atoms with Crippen LogP contribution in [0.3, 0.4) is 0 Å². The molecule has 37 heavy (non-hydrogen) atoms. The van der Waals surface area contributed by atoms with Crippen LogP contribution in [0.4, 0.5) is 0 Å². The zero-order chi connectivity index (χ0) is 26.4. The third kappa shape index (κ3) is 6.61. The highest BCUT2D eigenvalue weighted by atomic mass is 32.2. The molecule has 2 aromatic carbocycles. The third-order valence-electron chi connectivity index (χ3n) is 6.52. The fourth-order valence-corrected chi connectivity index (χ4v) is 6.24. The molecular weight excluding hydrogens is 488 g/mol. The Morgan fingerprint density at radius 1 is 1.14 bits per heavy atom. The molecule has 2 heterocycles. The molecule has 0 saturated carbocycles. The minimum Gasteiger partial charge on any atom is -0.487 e. The Labute approximate surface area is 219 Å². The largest absolute Gasteiger partial charge is 0.487 e. The number of hydrogen-bond acceptors (Lipinski definition) is 7. The van der Waals surface area contributed by atoms with Gasteiger partial charge in [0, 0.05) is 49.6 Å². The molecule has 0 saturated heterocycles. The van der Waals surface area contributed by atoms with E-state index in [1.165, 1.54) is 10.6 Å². The van der Waals surface area contributed by atoms with Crippen molar-refractivity contribution < 1.29 is 18.3 Å². The number of hydrogen-bond donors (Lipinski definition) is 1. The molecule has 1 aliphatic heterocycles. The molecule has 0 spiro atoms. The summed E-state index contributed by atoms with van der Waals surface area (Å²) in [6.07, 6.45) is 8.70. The van der Waals surface area contributed by atoms with Crippen molar-refractivity contribution in [3.63, 3.8) is 0 Å². The lowest BCUT2D eigenvalue weighted by Crippen LogP contribution is -2.49. The van der Waals surface area contributed by atoms with Crippen molar-refractivity contribution in [1.82, 2.24) is 19.2 Å². The Kier molecular flexibility index (Phi) is 8.71. The zero-order valence-corrected chi connectivity index (χ0v) is 22.3. The van der Waals surface area contributed by atoms with Gasteiger partial charge in [-0.05, 0) is 37.2 Å². The topological polar surface area (TPSA) is 95.9 Å². The number of ether oxygens (including phenoxy) is 1. The highest BCUT2D eigenvalue weighted by Gasteiger charge is 2.38. The molecule has 0 radical (unpaired) electrons. The molecule has 3 atom stereocenters. The molecule has 1 aliphatic rings. The second-order valence-corrected chi connectivity index (χ2v) is 11.5. The van der Waals surface area contributed by atoms with Gasteiger partial charge in [0.25, 0.3) is 0 Å². The number of fused-ring (bicyclic) bond motifs is 1. The van der Waals surface area contributed by atoms with Crippen LogP contribution in [0.15, 0.2) is 72.1 Å². The Bertz CT molecular complexity index is 1300. The Hall–Kier alpha value is -3.11. The van der Waals surface area contributed by atoms with Crippen LogP contribution in [0.1, 0.15) is 30.5 Å². The van der Waals surface area contributed by atoms with Gasteiger partial charge in [-0.25, -0.2) is 18.4 Å². The van der Waals surface area contributed by atoms with Gasteiger partial charge in [-0.2, -0.15) is 4.31 Å². The van der Waals surface area contributed by atoms with Gasteiger partial charge in [0.05, 0.1) is 6.61 Å². The molecule has 0 bridgehead atoms. The molecular formula is C28H34N4O4S. The van der Waals surface area contributed by atoms with Gasteiger partial charge in [0.2, 0.25) is 10.0 Å². The molecule has 0 fully saturated rings. The lowest BCUT2D eigenvalue weighted by Gasteiger charge is -2.37. The fourth-order valence-electron chi connectivity index (χ4n) is 4.42. The minimum atomic E-state index is -3.88. The van der Waals surface area contributed by atoms with E-state index in [4.69, 9.17) is 4.74 Å². The van der Waals surface area contributed by atoms with Crippen LogP contribution < -0.4 is 4.74 Å². The second kappa shape index (κ2) is 12.0. The molecule has 0 unspecified atom stereocenters. The van der Waals surface area contributed by atoms with Gasteiger partial charge < -0.3 is 9.84 Å². The molecule has 8 nitrogen and oxygen atoms in total. The molecule has 9 heteroatoms. The first-order chi connectivity index (χ1) is 17.8. The number of aliphatic hydroxyl groups excluding tert-OH is 1. The molecule has 0 amide bonds. The summed E-state index contributed by atoms with van der Waals surface area (Å²) >= 11 is 0. The Balaban J connectivity index is 1.68. The Morgan fingerprint density at radius 2 is 1.84 bits per heavy atom. The van der Waals surface area contributed by atoms with Crippen LogP contribution in [-0.4, -0.2) is 71.6 Å². The first-order valence-corrected chi connectivity index (χ1v) is 13.8. The summed E-state index contributed by atoms with van der Waals surface area (Å²) in [6, 6.07) is 14.5. The summed E-state index contributed by atoms with van der Waals surface area (Å²) in [4.78, 5) is 10.4. The molecule has 3 aromatic rings. The fraction of sp³-hybridized carbons (Fsp3) is 0.357. The maximum Gasteiger partial charge on any atom is 0.247 e. The lowest BCUT2D eigenvalue weighted by molar-refractivity contribution is 0.0733. The van der Waals surface area contributed by atoms with E-state index >= 15 is 0 Å². The minimum absolute atomic E-state index is 0.112. The number of rotatable bonds is 8. The highest BCUT2D eigenvalue weighted by molar-refractivity contribution is 7.89. The van der Waals surface area contributed by atoms with E-state index in [9.17, 15) is 13.5 Å². The third-order valence-corrected chi connectivity index (χ3v) is 8.54. The van der Waals surface area contributed by atoms with Gasteiger partial charge in [-0.15, -0.1) is 0 Å². The van der Waals surface area contributed by atoms with Crippen LogP contribution in [0, 0.1) is 5.92 Å². The van der Waals surface area contributed by atoms with Crippen LogP contribution in [0.2, 0.25) is 0 Å². The average molecular weight is 523 g/mol. The summed E-state index contributed by atoms with van der Waals surface area (Å²) in [5.74, 6) is 0.188. The van der Waals surface area contributed by atoms with Crippen molar-refractivity contribution in [1.29, 1.82) is 0 Å². The number of likely N-dealkylation sites (N-methyl/N-ethyl adjacent to an activating group) is 1. The van der Waals surface area contributed by atoms with E-state index in [0.717, 1.165) is 16.7 Å². The Morgan fingerprint density at radius 3 is 2.54 bits per heavy atom. The van der Waals surface area contributed by atoms with Crippen molar-refractivity contribution in [2.45, 2.75) is 37.4 Å². The van der Waals surface area contributed by atoms with Gasteiger partial charge in [-0.3, -0.25) is 4.90 Å². The van der Waals surface area contributed by atoms with Crippen molar-refractivity contribution in [2.75, 3.05) is 26.7 Å². The van der Waals surface area contributed by atoms with E-state index in [0.29, 0.717) is 18.8 Å². The van der Waals surface area contributed by atoms with Crippen molar-refractivity contribution in [2.24, 2.45) is 5.92 Å². The highest BCUT2D eigenvalue weighted by Crippen LogP contribution is 2.34. The van der Waals surface area contributed by atoms with E-state index < -0.39 is 16.1 Å². The SMILES string of the molecule is C[C@@H]1CN([C@@H](C)CO)S(=O)(=O)c2ccc(C=Cc3ccccc3)cc2O[C@H]1CN(C)Cc1cncnc1. The van der Waals surface area contributed by atoms with E-state index in [1.54, 1.807) is 37.5 Å². The van der Waals surface area contributed by atoms with Gasteiger partial charge >= 0.3 is 0 Å². The maximum atomic E-state index is 13.7. The average Bonchev–Trinajstić information content (AvgIpc) is 2.90. The monoisotopic (exact) mass is 522 g/mol. The summed E-state index contributed by atoms with van der Waals surface area (Å²) in [6.45, 7) is 4.89. The lowest BCUT2D eigenvalue weighted by atomic mass is 10.0. The number of sulfonamides is 1. The number of nitrogens with zero attached hydrogens (tertiary/aromatic N) is 4. The quantitative estimate of drug-likeness (QED) is 0.452. The first kappa shape index (κ1) is 26.9. The molecule has 0 aliphatic carbocycles. The summed E-state index contributed by atoms with van der Waals surface area (Å²) in [5.41, 5.74) is 2.86. The smallest absolute Gasteiger partial charge is 0.247 e. The number of aromatic nitrogens is 2. The van der Waals surface area contributed by atoms with Gasteiger partial charge in [0.1, 0.15) is 23.1 Å². The standard InChI is InChI=1S/C28H34N4O4S/c1-21-16-32(22(2)19-33)37(34,35)28-12-11-24(10-9-23-7-5-4-6-8-23)13-26(28)36-27(21)18-31(3)17-25-14-29-20-30-15-25/h4-15,20-22,27,33H,16-19H2,1-3H3/t21-,22+,27+/m1/s1. The number of aliphatic hydroxyl groups is 1. The number of benzene rings is 2. The predicted octanol–water partition coefficient (Wildman–Crippen LogP) is 3.55.